The minimum absolute atomic E-state index is 0.310. The molecule has 1 aromatic heterocycles. The van der Waals surface area contributed by atoms with Crippen molar-refractivity contribution >= 4 is 28.4 Å². The van der Waals surface area contributed by atoms with E-state index in [1.54, 1.807) is 26.1 Å². The van der Waals surface area contributed by atoms with Crippen LogP contribution in [0.1, 0.15) is 34.6 Å². The predicted molar refractivity (Wildman–Crippen MR) is 92.0 cm³/mol. The molecule has 2 amide bonds. The van der Waals surface area contributed by atoms with Gasteiger partial charge in [0.1, 0.15) is 5.41 Å². The maximum Gasteiger partial charge on any atom is 0.239 e. The maximum atomic E-state index is 12.6. The summed E-state index contributed by atoms with van der Waals surface area (Å²) in [5, 5.41) is 6.61. The highest BCUT2D eigenvalue weighted by molar-refractivity contribution is 6.12. The molecule has 5 heteroatoms. The number of hydrogen-bond donors (Lipinski definition) is 2. The molecule has 0 aliphatic heterocycles. The molecule has 0 spiro atoms. The Balaban J connectivity index is 2.25. The summed E-state index contributed by atoms with van der Waals surface area (Å²) in [4.78, 5) is 29.3. The summed E-state index contributed by atoms with van der Waals surface area (Å²) in [6, 6.07) is 9.33. The number of pyridine rings is 1. The van der Waals surface area contributed by atoms with E-state index in [2.05, 4.69) is 15.6 Å². The van der Waals surface area contributed by atoms with Crippen molar-refractivity contribution in [1.29, 1.82) is 0 Å². The van der Waals surface area contributed by atoms with Crippen LogP contribution in [0.15, 0.2) is 36.5 Å². The molecule has 5 nitrogen and oxygen atoms in total. The highest BCUT2D eigenvalue weighted by Gasteiger charge is 2.37. The van der Waals surface area contributed by atoms with Gasteiger partial charge < -0.3 is 10.6 Å². The largest absolute Gasteiger partial charge is 0.351 e. The molecule has 2 N–H and O–H groups in total. The molecule has 1 heterocycles. The van der Waals surface area contributed by atoms with Crippen LogP contribution in [0, 0.1) is 5.41 Å². The first-order valence-corrected chi connectivity index (χ1v) is 7.59. The lowest BCUT2D eigenvalue weighted by molar-refractivity contribution is -0.139. The van der Waals surface area contributed by atoms with Gasteiger partial charge in [-0.1, -0.05) is 18.2 Å². The summed E-state index contributed by atoms with van der Waals surface area (Å²) in [6.45, 7) is 8.87. The Morgan fingerprint density at radius 3 is 2.26 bits per heavy atom. The average Bonchev–Trinajstić information content (AvgIpc) is 2.45. The number of nitrogens with one attached hydrogen (secondary N) is 2. The summed E-state index contributed by atoms with van der Waals surface area (Å²) in [5.41, 5.74) is -0.278. The van der Waals surface area contributed by atoms with Gasteiger partial charge in [-0.3, -0.25) is 14.6 Å². The smallest absolute Gasteiger partial charge is 0.239 e. The molecule has 0 saturated heterocycles. The first-order valence-electron chi connectivity index (χ1n) is 7.59. The summed E-state index contributed by atoms with van der Waals surface area (Å²) in [5.74, 6) is -0.673. The van der Waals surface area contributed by atoms with Crippen LogP contribution in [0.2, 0.25) is 0 Å². The third kappa shape index (κ3) is 3.86. The second kappa shape index (κ2) is 5.99. The Hall–Kier alpha value is -2.43. The van der Waals surface area contributed by atoms with Gasteiger partial charge >= 0.3 is 0 Å². The van der Waals surface area contributed by atoms with Crippen molar-refractivity contribution in [1.82, 2.24) is 10.3 Å². The van der Waals surface area contributed by atoms with Crippen LogP contribution in [0.5, 0.6) is 0 Å². The van der Waals surface area contributed by atoms with E-state index < -0.39 is 11.0 Å². The number of rotatable bonds is 3. The number of fused-ring (bicyclic) bond motifs is 1. The van der Waals surface area contributed by atoms with Gasteiger partial charge in [-0.25, -0.2) is 0 Å². The summed E-state index contributed by atoms with van der Waals surface area (Å²) in [6.07, 6.45) is 1.68. The number of amides is 2. The normalized spacial score (nSPS) is 12.0. The van der Waals surface area contributed by atoms with Crippen molar-refractivity contribution in [2.24, 2.45) is 5.41 Å². The molecule has 0 bridgehead atoms. The fourth-order valence-electron chi connectivity index (χ4n) is 2.08. The van der Waals surface area contributed by atoms with Crippen LogP contribution in [-0.2, 0) is 9.59 Å². The minimum Gasteiger partial charge on any atom is -0.351 e. The Labute approximate surface area is 136 Å². The standard InChI is InChI=1S/C18H23N3O2/c1-17(2,3)21-16(23)18(4,5)15(22)20-13-10-6-8-12-9-7-11-19-14(12)13/h6-11H,1-5H3,(H,20,22)(H,21,23). The van der Waals surface area contributed by atoms with Gasteiger partial charge in [-0.2, -0.15) is 0 Å². The fourth-order valence-corrected chi connectivity index (χ4v) is 2.08. The second-order valence-corrected chi connectivity index (χ2v) is 7.16. The van der Waals surface area contributed by atoms with Gasteiger partial charge in [0.25, 0.3) is 0 Å². The van der Waals surface area contributed by atoms with Crippen molar-refractivity contribution < 1.29 is 9.59 Å². The lowest BCUT2D eigenvalue weighted by atomic mass is 9.89. The third-order valence-electron chi connectivity index (χ3n) is 3.50. The lowest BCUT2D eigenvalue weighted by Gasteiger charge is -2.28. The molecule has 122 valence electrons. The zero-order chi connectivity index (χ0) is 17.3. The van der Waals surface area contributed by atoms with Crippen LogP contribution in [0.4, 0.5) is 5.69 Å². The van der Waals surface area contributed by atoms with E-state index in [1.807, 2.05) is 45.0 Å². The fraction of sp³-hybridized carbons (Fsp3) is 0.389. The van der Waals surface area contributed by atoms with Gasteiger partial charge in [0, 0.05) is 17.1 Å². The second-order valence-electron chi connectivity index (χ2n) is 7.16. The molecule has 0 aliphatic rings. The summed E-state index contributed by atoms with van der Waals surface area (Å²) in [7, 11) is 0. The topological polar surface area (TPSA) is 71.1 Å². The zero-order valence-corrected chi connectivity index (χ0v) is 14.2. The van der Waals surface area contributed by atoms with Gasteiger partial charge in [0.2, 0.25) is 11.8 Å². The van der Waals surface area contributed by atoms with E-state index in [9.17, 15) is 9.59 Å². The highest BCUT2D eigenvalue weighted by Crippen LogP contribution is 2.24. The number of benzene rings is 1. The SMILES string of the molecule is CC(C)(C)NC(=O)C(C)(C)C(=O)Nc1cccc2cccnc12. The van der Waals surface area contributed by atoms with E-state index in [0.29, 0.717) is 11.2 Å². The maximum absolute atomic E-state index is 12.6. The lowest BCUT2D eigenvalue weighted by Crippen LogP contribution is -2.51. The number of para-hydroxylation sites is 1. The van der Waals surface area contributed by atoms with E-state index in [1.165, 1.54) is 0 Å². The Morgan fingerprint density at radius 1 is 0.957 bits per heavy atom. The van der Waals surface area contributed by atoms with Gasteiger partial charge in [0.05, 0.1) is 11.2 Å². The number of carbonyl (C=O) groups is 2. The number of anilines is 1. The van der Waals surface area contributed by atoms with Crippen molar-refractivity contribution in [2.75, 3.05) is 5.32 Å². The number of nitrogens with zero attached hydrogens (tertiary/aromatic N) is 1. The van der Waals surface area contributed by atoms with Crippen LogP contribution in [-0.4, -0.2) is 22.3 Å². The Bertz CT molecular complexity index is 740. The van der Waals surface area contributed by atoms with E-state index >= 15 is 0 Å². The molecule has 0 aliphatic carbocycles. The van der Waals surface area contributed by atoms with Crippen LogP contribution < -0.4 is 10.6 Å². The third-order valence-corrected chi connectivity index (χ3v) is 3.50. The average molecular weight is 313 g/mol. The summed E-state index contributed by atoms with van der Waals surface area (Å²) >= 11 is 0. The van der Waals surface area contributed by atoms with Crippen molar-refractivity contribution in [3.05, 3.63) is 36.5 Å². The molecule has 2 rings (SSSR count). The van der Waals surface area contributed by atoms with Gasteiger partial charge in [-0.05, 0) is 46.8 Å². The van der Waals surface area contributed by atoms with Crippen molar-refractivity contribution in [2.45, 2.75) is 40.2 Å². The Morgan fingerprint density at radius 2 is 1.61 bits per heavy atom. The van der Waals surface area contributed by atoms with Crippen LogP contribution in [0.25, 0.3) is 10.9 Å². The minimum atomic E-state index is -1.19. The summed E-state index contributed by atoms with van der Waals surface area (Å²) < 4.78 is 0. The first kappa shape index (κ1) is 16.9. The molecule has 23 heavy (non-hydrogen) atoms. The molecule has 0 radical (unpaired) electrons. The number of carbonyl (C=O) groups excluding carboxylic acids is 2. The molecular weight excluding hydrogens is 290 g/mol. The van der Waals surface area contributed by atoms with E-state index in [4.69, 9.17) is 0 Å². The number of hydrogen-bond acceptors (Lipinski definition) is 3. The molecule has 1 aromatic carbocycles. The molecule has 2 aromatic rings. The van der Waals surface area contributed by atoms with Gasteiger partial charge in [-0.15, -0.1) is 0 Å². The quantitative estimate of drug-likeness (QED) is 0.855. The molecule has 0 atom stereocenters. The van der Waals surface area contributed by atoms with Crippen molar-refractivity contribution in [3.63, 3.8) is 0 Å². The Kier molecular flexibility index (Phi) is 4.41. The molecule has 0 fully saturated rings. The molecular formula is C18H23N3O2. The van der Waals surface area contributed by atoms with Crippen LogP contribution >= 0.6 is 0 Å². The monoisotopic (exact) mass is 313 g/mol. The van der Waals surface area contributed by atoms with Gasteiger partial charge in [0.15, 0.2) is 0 Å². The van der Waals surface area contributed by atoms with E-state index in [0.717, 1.165) is 5.39 Å². The predicted octanol–water partition coefficient (Wildman–Crippen LogP) is 3.11. The molecule has 0 saturated carbocycles. The highest BCUT2D eigenvalue weighted by atomic mass is 16.2. The zero-order valence-electron chi connectivity index (χ0n) is 14.2. The number of aromatic nitrogens is 1. The first-order chi connectivity index (χ1) is 10.6. The van der Waals surface area contributed by atoms with Crippen LogP contribution in [0.3, 0.4) is 0 Å². The van der Waals surface area contributed by atoms with Crippen molar-refractivity contribution in [3.8, 4) is 0 Å². The molecule has 0 unspecified atom stereocenters. The van der Waals surface area contributed by atoms with E-state index in [-0.39, 0.29) is 11.8 Å².